The average Bonchev–Trinajstić information content (AvgIpc) is 2.63. The van der Waals surface area contributed by atoms with Crippen molar-refractivity contribution in [1.82, 2.24) is 4.90 Å². The lowest BCUT2D eigenvalue weighted by Crippen LogP contribution is -2.45. The number of piperidine rings is 1. The highest BCUT2D eigenvalue weighted by molar-refractivity contribution is 5.78. The van der Waals surface area contributed by atoms with Crippen LogP contribution in [0.2, 0.25) is 0 Å². The maximum Gasteiger partial charge on any atom is 0.236 e. The van der Waals surface area contributed by atoms with Crippen LogP contribution in [-0.2, 0) is 9.53 Å². The molecule has 2 rings (SSSR count). The summed E-state index contributed by atoms with van der Waals surface area (Å²) in [4.78, 5) is 13.2. The smallest absolute Gasteiger partial charge is 0.236 e. The van der Waals surface area contributed by atoms with Crippen molar-refractivity contribution in [3.05, 3.63) is 0 Å². The SMILES string of the molecule is NCC(=O)N1CC[C@@H]2COC[C@@H]2C1. The Balaban J connectivity index is 1.93. The molecule has 0 spiro atoms. The van der Waals surface area contributed by atoms with Gasteiger partial charge in [-0.1, -0.05) is 0 Å². The monoisotopic (exact) mass is 184 g/mol. The van der Waals surface area contributed by atoms with Crippen LogP contribution in [0.4, 0.5) is 0 Å². The first-order chi connectivity index (χ1) is 6.31. The van der Waals surface area contributed by atoms with Crippen LogP contribution in [0.1, 0.15) is 6.42 Å². The lowest BCUT2D eigenvalue weighted by molar-refractivity contribution is -0.131. The normalized spacial score (nSPS) is 33.2. The number of hydrogen-bond donors (Lipinski definition) is 1. The first-order valence-electron chi connectivity index (χ1n) is 4.87. The Morgan fingerprint density at radius 3 is 3.00 bits per heavy atom. The Labute approximate surface area is 78.0 Å². The predicted octanol–water partition coefficient (Wildman–Crippen LogP) is -0.560. The molecule has 0 radical (unpaired) electrons. The topological polar surface area (TPSA) is 55.6 Å². The number of nitrogens with two attached hydrogens (primary N) is 1. The lowest BCUT2D eigenvalue weighted by Gasteiger charge is -2.33. The summed E-state index contributed by atoms with van der Waals surface area (Å²) >= 11 is 0. The molecule has 4 nitrogen and oxygen atoms in total. The standard InChI is InChI=1S/C9H16N2O2/c10-3-9(12)11-2-1-7-5-13-6-8(7)4-11/h7-8H,1-6,10H2/t7-,8+/m1/s1. The molecule has 2 fully saturated rings. The molecular weight excluding hydrogens is 168 g/mol. The molecule has 0 aromatic heterocycles. The van der Waals surface area contributed by atoms with E-state index in [4.69, 9.17) is 10.5 Å². The molecule has 74 valence electrons. The van der Waals surface area contributed by atoms with Crippen molar-refractivity contribution in [2.75, 3.05) is 32.8 Å². The van der Waals surface area contributed by atoms with Crippen LogP contribution in [0.25, 0.3) is 0 Å². The first kappa shape index (κ1) is 8.97. The van der Waals surface area contributed by atoms with Gasteiger partial charge < -0.3 is 15.4 Å². The van der Waals surface area contributed by atoms with E-state index in [1.54, 1.807) is 0 Å². The van der Waals surface area contributed by atoms with E-state index < -0.39 is 0 Å². The van der Waals surface area contributed by atoms with Crippen LogP contribution in [0.15, 0.2) is 0 Å². The second-order valence-corrected chi connectivity index (χ2v) is 3.89. The van der Waals surface area contributed by atoms with Gasteiger partial charge in [0.1, 0.15) is 0 Å². The largest absolute Gasteiger partial charge is 0.381 e. The molecule has 1 amide bonds. The zero-order valence-corrected chi connectivity index (χ0v) is 7.74. The van der Waals surface area contributed by atoms with E-state index in [-0.39, 0.29) is 12.5 Å². The fraction of sp³-hybridized carbons (Fsp3) is 0.889. The summed E-state index contributed by atoms with van der Waals surface area (Å²) in [6, 6.07) is 0. The fourth-order valence-corrected chi connectivity index (χ4v) is 2.22. The van der Waals surface area contributed by atoms with Crippen molar-refractivity contribution in [2.24, 2.45) is 17.6 Å². The van der Waals surface area contributed by atoms with Crippen LogP contribution >= 0.6 is 0 Å². The van der Waals surface area contributed by atoms with Crippen LogP contribution in [0.5, 0.6) is 0 Å². The summed E-state index contributed by atoms with van der Waals surface area (Å²) in [7, 11) is 0. The van der Waals surface area contributed by atoms with Crippen LogP contribution in [0, 0.1) is 11.8 Å². The highest BCUT2D eigenvalue weighted by Gasteiger charge is 2.34. The number of ether oxygens (including phenoxy) is 1. The molecule has 4 heteroatoms. The number of carbonyl (C=O) groups is 1. The van der Waals surface area contributed by atoms with Gasteiger partial charge in [-0.25, -0.2) is 0 Å². The molecule has 2 heterocycles. The van der Waals surface area contributed by atoms with E-state index >= 15 is 0 Å². The van der Waals surface area contributed by atoms with E-state index in [1.807, 2.05) is 4.90 Å². The fourth-order valence-electron chi connectivity index (χ4n) is 2.22. The second-order valence-electron chi connectivity index (χ2n) is 3.89. The zero-order chi connectivity index (χ0) is 9.26. The van der Waals surface area contributed by atoms with Crippen LogP contribution in [0.3, 0.4) is 0 Å². The Morgan fingerprint density at radius 2 is 2.23 bits per heavy atom. The molecule has 2 aliphatic heterocycles. The number of fused-ring (bicyclic) bond motifs is 1. The van der Waals surface area contributed by atoms with E-state index in [1.165, 1.54) is 0 Å². The third-order valence-corrected chi connectivity index (χ3v) is 3.08. The minimum Gasteiger partial charge on any atom is -0.381 e. The number of amides is 1. The predicted molar refractivity (Wildman–Crippen MR) is 48.1 cm³/mol. The van der Waals surface area contributed by atoms with Gasteiger partial charge in [0.25, 0.3) is 0 Å². The van der Waals surface area contributed by atoms with Gasteiger partial charge >= 0.3 is 0 Å². The molecule has 0 unspecified atom stereocenters. The summed E-state index contributed by atoms with van der Waals surface area (Å²) in [5.74, 6) is 1.32. The Hall–Kier alpha value is -0.610. The summed E-state index contributed by atoms with van der Waals surface area (Å²) in [5.41, 5.74) is 5.32. The van der Waals surface area contributed by atoms with Crippen molar-refractivity contribution in [2.45, 2.75) is 6.42 Å². The summed E-state index contributed by atoms with van der Waals surface area (Å²) in [6.07, 6.45) is 1.08. The Bertz CT molecular complexity index is 208. The molecule has 0 saturated carbocycles. The highest BCUT2D eigenvalue weighted by Crippen LogP contribution is 2.28. The van der Waals surface area contributed by atoms with Gasteiger partial charge in [-0.3, -0.25) is 4.79 Å². The third-order valence-electron chi connectivity index (χ3n) is 3.08. The van der Waals surface area contributed by atoms with Gasteiger partial charge in [0.2, 0.25) is 5.91 Å². The van der Waals surface area contributed by atoms with Crippen molar-refractivity contribution in [3.63, 3.8) is 0 Å². The van der Waals surface area contributed by atoms with E-state index in [0.717, 1.165) is 32.7 Å². The molecule has 2 N–H and O–H groups in total. The van der Waals surface area contributed by atoms with Crippen LogP contribution < -0.4 is 5.73 Å². The van der Waals surface area contributed by atoms with Gasteiger partial charge in [-0.05, 0) is 12.3 Å². The minimum absolute atomic E-state index is 0.0744. The van der Waals surface area contributed by atoms with Gasteiger partial charge in [-0.15, -0.1) is 0 Å². The number of rotatable bonds is 1. The second kappa shape index (κ2) is 3.64. The van der Waals surface area contributed by atoms with Crippen molar-refractivity contribution in [3.8, 4) is 0 Å². The lowest BCUT2D eigenvalue weighted by atomic mass is 9.89. The zero-order valence-electron chi connectivity index (χ0n) is 7.74. The number of carbonyl (C=O) groups excluding carboxylic acids is 1. The van der Waals surface area contributed by atoms with E-state index in [9.17, 15) is 4.79 Å². The Morgan fingerprint density at radius 1 is 1.46 bits per heavy atom. The molecule has 0 bridgehead atoms. The van der Waals surface area contributed by atoms with Gasteiger partial charge in [0.15, 0.2) is 0 Å². The maximum absolute atomic E-state index is 11.3. The summed E-state index contributed by atoms with van der Waals surface area (Å²) < 4.78 is 5.38. The third kappa shape index (κ3) is 1.69. The summed E-state index contributed by atoms with van der Waals surface area (Å²) in [5, 5.41) is 0. The summed E-state index contributed by atoms with van der Waals surface area (Å²) in [6.45, 7) is 3.55. The molecule has 13 heavy (non-hydrogen) atoms. The highest BCUT2D eigenvalue weighted by atomic mass is 16.5. The maximum atomic E-state index is 11.3. The average molecular weight is 184 g/mol. The molecular formula is C9H16N2O2. The Kier molecular flexibility index (Phi) is 2.51. The number of hydrogen-bond acceptors (Lipinski definition) is 3. The van der Waals surface area contributed by atoms with Gasteiger partial charge in [0, 0.05) is 25.6 Å². The molecule has 2 saturated heterocycles. The van der Waals surface area contributed by atoms with Crippen molar-refractivity contribution >= 4 is 5.91 Å². The first-order valence-corrected chi connectivity index (χ1v) is 4.87. The number of likely N-dealkylation sites (tertiary alicyclic amines) is 1. The molecule has 0 aromatic rings. The van der Waals surface area contributed by atoms with Crippen molar-refractivity contribution < 1.29 is 9.53 Å². The minimum atomic E-state index is 0.0744. The molecule has 0 aromatic carbocycles. The molecule has 2 atom stereocenters. The molecule has 2 aliphatic rings. The van der Waals surface area contributed by atoms with Crippen molar-refractivity contribution in [1.29, 1.82) is 0 Å². The number of nitrogens with zero attached hydrogens (tertiary/aromatic N) is 1. The van der Waals surface area contributed by atoms with Gasteiger partial charge in [0.05, 0.1) is 13.2 Å². The van der Waals surface area contributed by atoms with E-state index in [0.29, 0.717) is 11.8 Å². The quantitative estimate of drug-likeness (QED) is 0.594. The van der Waals surface area contributed by atoms with Gasteiger partial charge in [-0.2, -0.15) is 0 Å². The van der Waals surface area contributed by atoms with Crippen LogP contribution in [-0.4, -0.2) is 43.7 Å². The van der Waals surface area contributed by atoms with E-state index in [2.05, 4.69) is 0 Å². The molecule has 0 aliphatic carbocycles.